The number of methoxy groups -OCH3 is 1. The van der Waals surface area contributed by atoms with E-state index < -0.39 is 37.8 Å². The number of ketones is 1. The maximum absolute atomic E-state index is 13.9. The van der Waals surface area contributed by atoms with Crippen molar-refractivity contribution >= 4 is 43.5 Å². The van der Waals surface area contributed by atoms with Gasteiger partial charge in [0.15, 0.2) is 8.32 Å². The van der Waals surface area contributed by atoms with E-state index in [-0.39, 0.29) is 35.2 Å². The first-order chi connectivity index (χ1) is 21.0. The summed E-state index contributed by atoms with van der Waals surface area (Å²) in [5, 5.41) is 14.1. The molecular formula is C36H61NO7SSi. The average molecular weight is 680 g/mol. The fraction of sp³-hybridized carbons (Fsp3) is 0.722. The molecule has 0 spiro atoms. The van der Waals surface area contributed by atoms with Crippen molar-refractivity contribution in [2.24, 2.45) is 17.3 Å². The van der Waals surface area contributed by atoms with E-state index in [4.69, 9.17) is 13.9 Å². The lowest BCUT2D eigenvalue weighted by Gasteiger charge is -2.44. The topological polar surface area (TPSA) is 112 Å². The van der Waals surface area contributed by atoms with Crippen LogP contribution in [0.15, 0.2) is 22.6 Å². The second-order valence-corrected chi connectivity index (χ2v) is 20.8. The van der Waals surface area contributed by atoms with Gasteiger partial charge in [-0.05, 0) is 75.7 Å². The Kier molecular flexibility index (Phi) is 16.3. The van der Waals surface area contributed by atoms with E-state index in [0.29, 0.717) is 6.42 Å². The zero-order chi connectivity index (χ0) is 35.6. The Morgan fingerprint density at radius 3 is 2.20 bits per heavy atom. The van der Waals surface area contributed by atoms with E-state index in [1.54, 1.807) is 18.3 Å². The second-order valence-electron chi connectivity index (χ2n) is 14.9. The number of thiazole rings is 1. The molecule has 0 saturated heterocycles. The lowest BCUT2D eigenvalue weighted by atomic mass is 9.73. The number of ether oxygens (including phenoxy) is 2. The number of nitrogens with zero attached hydrogens (tertiary/aromatic N) is 1. The van der Waals surface area contributed by atoms with Crippen LogP contribution < -0.4 is 0 Å². The Balaban J connectivity index is 2.89. The molecule has 1 aromatic rings. The van der Waals surface area contributed by atoms with Crippen LogP contribution in [0, 0.1) is 24.2 Å². The number of rotatable bonds is 18. The van der Waals surface area contributed by atoms with Gasteiger partial charge >= 0.3 is 11.9 Å². The molecular weight excluding hydrogens is 619 g/mol. The van der Waals surface area contributed by atoms with Gasteiger partial charge in [-0.25, -0.2) is 4.98 Å². The van der Waals surface area contributed by atoms with E-state index in [0.717, 1.165) is 35.5 Å². The Morgan fingerprint density at radius 2 is 1.70 bits per heavy atom. The van der Waals surface area contributed by atoms with Crippen molar-refractivity contribution in [2.75, 3.05) is 7.11 Å². The standard InChI is InChI=1S/C36H61NO7SSi/c1-23(18-19-30(43-28(6)38)25(3)20-29-22-45-27(5)37-29)16-15-17-24(2)33(40)26(4)34(41)36(10,11)31(21-32(39)42-12)44-46(13,14)35(7,8)9/h18,20,22,24,26,30-31,33,40H,15-17,19,21H2,1-14H3/b23-18+,25-20+. The molecule has 8 nitrogen and oxygen atoms in total. The highest BCUT2D eigenvalue weighted by Gasteiger charge is 2.48. The summed E-state index contributed by atoms with van der Waals surface area (Å²) in [6, 6.07) is 0. The van der Waals surface area contributed by atoms with Crippen molar-refractivity contribution < 1.29 is 33.4 Å². The van der Waals surface area contributed by atoms with Crippen molar-refractivity contribution in [3.8, 4) is 0 Å². The zero-order valence-corrected chi connectivity index (χ0v) is 32.7. The number of aliphatic hydroxyl groups is 1. The number of aryl methyl sites for hydroxylation is 1. The average Bonchev–Trinajstić information content (AvgIpc) is 3.36. The van der Waals surface area contributed by atoms with Crippen LogP contribution in [0.1, 0.15) is 112 Å². The minimum absolute atomic E-state index is 0.0239. The normalized spacial score (nSPS) is 16.8. The van der Waals surface area contributed by atoms with Crippen LogP contribution in [-0.2, 0) is 28.3 Å². The first-order valence-electron chi connectivity index (χ1n) is 16.4. The first-order valence-corrected chi connectivity index (χ1v) is 20.2. The summed E-state index contributed by atoms with van der Waals surface area (Å²) in [4.78, 5) is 42.5. The molecule has 0 bridgehead atoms. The third-order valence-electron chi connectivity index (χ3n) is 9.51. The second kappa shape index (κ2) is 17.9. The molecule has 0 fully saturated rings. The quantitative estimate of drug-likeness (QED) is 0.0934. The molecule has 0 aliphatic carbocycles. The first kappa shape index (κ1) is 41.9. The van der Waals surface area contributed by atoms with Crippen molar-refractivity contribution in [3.63, 3.8) is 0 Å². The summed E-state index contributed by atoms with van der Waals surface area (Å²) < 4.78 is 17.2. The molecule has 0 aliphatic rings. The Labute approximate surface area is 283 Å². The number of aliphatic hydroxyl groups excluding tert-OH is 1. The maximum atomic E-state index is 13.9. The van der Waals surface area contributed by atoms with Crippen molar-refractivity contribution in [1.29, 1.82) is 0 Å². The van der Waals surface area contributed by atoms with E-state index in [2.05, 4.69) is 51.8 Å². The zero-order valence-electron chi connectivity index (χ0n) is 30.9. The third-order valence-corrected chi connectivity index (χ3v) is 14.8. The summed E-state index contributed by atoms with van der Waals surface area (Å²) in [6.45, 7) is 25.3. The van der Waals surface area contributed by atoms with Gasteiger partial charge in [0.2, 0.25) is 0 Å². The molecule has 5 unspecified atom stereocenters. The van der Waals surface area contributed by atoms with Gasteiger partial charge in [-0.1, -0.05) is 60.1 Å². The summed E-state index contributed by atoms with van der Waals surface area (Å²) in [5.74, 6) is -1.61. The predicted molar refractivity (Wildman–Crippen MR) is 190 cm³/mol. The van der Waals surface area contributed by atoms with Crippen LogP contribution in [0.3, 0.4) is 0 Å². The number of carbonyl (C=O) groups excluding carboxylic acids is 3. The number of aromatic nitrogens is 1. The molecule has 0 aromatic carbocycles. The van der Waals surface area contributed by atoms with Gasteiger partial charge in [-0.15, -0.1) is 11.3 Å². The highest BCUT2D eigenvalue weighted by Crippen LogP contribution is 2.42. The van der Waals surface area contributed by atoms with Gasteiger partial charge in [-0.2, -0.15) is 0 Å². The maximum Gasteiger partial charge on any atom is 0.308 e. The van der Waals surface area contributed by atoms with Crippen LogP contribution >= 0.6 is 11.3 Å². The van der Waals surface area contributed by atoms with Gasteiger partial charge in [0.1, 0.15) is 11.9 Å². The van der Waals surface area contributed by atoms with Crippen molar-refractivity contribution in [3.05, 3.63) is 33.3 Å². The summed E-state index contributed by atoms with van der Waals surface area (Å²) in [5.41, 5.74) is 1.97. The number of hydrogen-bond acceptors (Lipinski definition) is 9. The minimum atomic E-state index is -2.32. The van der Waals surface area contributed by atoms with Crippen LogP contribution in [-0.4, -0.2) is 61.6 Å². The Hall–Kier alpha value is -2.14. The smallest absolute Gasteiger partial charge is 0.308 e. The molecule has 0 amide bonds. The largest absolute Gasteiger partial charge is 0.469 e. The molecule has 0 saturated carbocycles. The lowest BCUT2D eigenvalue weighted by molar-refractivity contribution is -0.149. The molecule has 5 atom stereocenters. The van der Waals surface area contributed by atoms with Crippen molar-refractivity contribution in [1.82, 2.24) is 4.98 Å². The van der Waals surface area contributed by atoms with Gasteiger partial charge in [0, 0.05) is 30.1 Å². The summed E-state index contributed by atoms with van der Waals surface area (Å²) >= 11 is 1.58. The Bertz CT molecular complexity index is 1230. The van der Waals surface area contributed by atoms with E-state index in [9.17, 15) is 19.5 Å². The predicted octanol–water partition coefficient (Wildman–Crippen LogP) is 8.48. The van der Waals surface area contributed by atoms with E-state index in [1.165, 1.54) is 19.6 Å². The van der Waals surface area contributed by atoms with Crippen LogP contribution in [0.25, 0.3) is 6.08 Å². The van der Waals surface area contributed by atoms with Crippen LogP contribution in [0.5, 0.6) is 0 Å². The fourth-order valence-electron chi connectivity index (χ4n) is 5.19. The van der Waals surface area contributed by atoms with E-state index >= 15 is 0 Å². The minimum Gasteiger partial charge on any atom is -0.469 e. The van der Waals surface area contributed by atoms with Crippen molar-refractivity contribution in [2.45, 2.75) is 145 Å². The molecule has 0 radical (unpaired) electrons. The van der Waals surface area contributed by atoms with Crippen LogP contribution in [0.2, 0.25) is 18.1 Å². The van der Waals surface area contributed by atoms with Crippen LogP contribution in [0.4, 0.5) is 0 Å². The molecule has 1 rings (SSSR count). The van der Waals surface area contributed by atoms with Gasteiger partial charge in [0.05, 0.1) is 36.4 Å². The highest BCUT2D eigenvalue weighted by atomic mass is 32.1. The molecule has 0 aliphatic heterocycles. The van der Waals surface area contributed by atoms with Gasteiger partial charge in [-0.3, -0.25) is 14.4 Å². The molecule has 10 heteroatoms. The van der Waals surface area contributed by atoms with E-state index in [1.807, 2.05) is 46.1 Å². The van der Waals surface area contributed by atoms with Gasteiger partial charge < -0.3 is 19.0 Å². The monoisotopic (exact) mass is 679 g/mol. The lowest BCUT2D eigenvalue weighted by Crippen LogP contribution is -2.52. The number of esters is 2. The molecule has 1 heterocycles. The number of Topliss-reactive ketones (excluding diaryl/α,β-unsaturated/α-hetero) is 1. The SMILES string of the molecule is COC(=O)CC(O[Si](C)(C)C(C)(C)C)C(C)(C)C(=O)C(C)C(O)C(C)CCC/C(C)=C/CC(OC(C)=O)/C(C)=C/c1csc(C)n1. The third kappa shape index (κ3) is 12.8. The van der Waals surface area contributed by atoms with Gasteiger partial charge in [0.25, 0.3) is 0 Å². The summed E-state index contributed by atoms with van der Waals surface area (Å²) in [6.07, 6.45) is 5.16. The fourth-order valence-corrected chi connectivity index (χ4v) is 7.20. The Morgan fingerprint density at radius 1 is 1.09 bits per heavy atom. The molecule has 1 N–H and O–H groups in total. The molecule has 1 aromatic heterocycles. The summed E-state index contributed by atoms with van der Waals surface area (Å²) in [7, 11) is -0.979. The number of carbonyl (C=O) groups is 3. The number of allylic oxidation sites excluding steroid dienone is 1. The molecule has 262 valence electrons. The highest BCUT2D eigenvalue weighted by molar-refractivity contribution is 7.09. The number of hydrogen-bond donors (Lipinski definition) is 1. The molecule has 46 heavy (non-hydrogen) atoms.